The standard InChI is InChI=1S/C23H32N6O2/c24-21-15-20(26-27-21)23(31)28-13-9-19(10-14-28)29-12-4-7-18(16-29)22(30)25-11-8-17-5-2-1-3-6-17/h1-3,5-6,15,18-19H,4,7-14,16H2,(H,25,30)(H3,24,26,27). The molecule has 4 N–H and O–H groups in total. The van der Waals surface area contributed by atoms with Crippen LogP contribution in [0.1, 0.15) is 41.7 Å². The van der Waals surface area contributed by atoms with Gasteiger partial charge >= 0.3 is 0 Å². The van der Waals surface area contributed by atoms with E-state index in [1.165, 1.54) is 5.56 Å². The zero-order chi connectivity index (χ0) is 21.6. The Kier molecular flexibility index (Phi) is 6.86. The van der Waals surface area contributed by atoms with E-state index >= 15 is 0 Å². The van der Waals surface area contributed by atoms with Gasteiger partial charge in [-0.2, -0.15) is 5.10 Å². The Labute approximate surface area is 183 Å². The van der Waals surface area contributed by atoms with Crippen LogP contribution in [0.2, 0.25) is 0 Å². The van der Waals surface area contributed by atoms with Crippen LogP contribution in [0.4, 0.5) is 5.82 Å². The number of carbonyl (C=O) groups excluding carboxylic acids is 2. The van der Waals surface area contributed by atoms with Crippen molar-refractivity contribution in [2.24, 2.45) is 5.92 Å². The Morgan fingerprint density at radius 1 is 1.13 bits per heavy atom. The van der Waals surface area contributed by atoms with Gasteiger partial charge in [0.15, 0.2) is 0 Å². The normalized spacial score (nSPS) is 20.5. The largest absolute Gasteiger partial charge is 0.382 e. The minimum Gasteiger partial charge on any atom is -0.382 e. The highest BCUT2D eigenvalue weighted by atomic mass is 16.2. The molecule has 8 nitrogen and oxygen atoms in total. The monoisotopic (exact) mass is 424 g/mol. The number of nitrogens with one attached hydrogen (secondary N) is 2. The van der Waals surface area contributed by atoms with Crippen molar-refractivity contribution < 1.29 is 9.59 Å². The van der Waals surface area contributed by atoms with Crippen LogP contribution in [-0.4, -0.2) is 70.6 Å². The summed E-state index contributed by atoms with van der Waals surface area (Å²) in [5.74, 6) is 0.513. The quantitative estimate of drug-likeness (QED) is 0.654. The lowest BCUT2D eigenvalue weighted by molar-refractivity contribution is -0.127. The molecule has 1 atom stereocenters. The Bertz CT molecular complexity index is 875. The number of piperidine rings is 2. The third-order valence-corrected chi connectivity index (χ3v) is 6.48. The van der Waals surface area contributed by atoms with Gasteiger partial charge in [-0.25, -0.2) is 0 Å². The van der Waals surface area contributed by atoms with Gasteiger partial charge in [0.1, 0.15) is 11.5 Å². The van der Waals surface area contributed by atoms with Crippen LogP contribution >= 0.6 is 0 Å². The summed E-state index contributed by atoms with van der Waals surface area (Å²) in [4.78, 5) is 29.6. The van der Waals surface area contributed by atoms with E-state index < -0.39 is 0 Å². The van der Waals surface area contributed by atoms with Crippen molar-refractivity contribution in [3.63, 3.8) is 0 Å². The number of hydrogen-bond donors (Lipinski definition) is 3. The molecular weight excluding hydrogens is 392 g/mol. The van der Waals surface area contributed by atoms with Gasteiger partial charge < -0.3 is 16.0 Å². The van der Waals surface area contributed by atoms with Gasteiger partial charge in [0, 0.05) is 38.3 Å². The van der Waals surface area contributed by atoms with E-state index in [9.17, 15) is 9.59 Å². The maximum atomic E-state index is 12.7. The fourth-order valence-corrected chi connectivity index (χ4v) is 4.72. The number of benzene rings is 1. The number of nitrogens with two attached hydrogens (primary N) is 1. The van der Waals surface area contributed by atoms with Gasteiger partial charge in [-0.05, 0) is 44.2 Å². The predicted octanol–water partition coefficient (Wildman–Crippen LogP) is 1.67. The van der Waals surface area contributed by atoms with Crippen LogP contribution in [0, 0.1) is 5.92 Å². The molecule has 1 aromatic heterocycles. The highest BCUT2D eigenvalue weighted by Crippen LogP contribution is 2.24. The van der Waals surface area contributed by atoms with Gasteiger partial charge in [-0.15, -0.1) is 0 Å². The van der Waals surface area contributed by atoms with Gasteiger partial charge in [-0.3, -0.25) is 19.6 Å². The predicted molar refractivity (Wildman–Crippen MR) is 119 cm³/mol. The van der Waals surface area contributed by atoms with Gasteiger partial charge in [0.05, 0.1) is 5.92 Å². The molecule has 4 rings (SSSR count). The average molecular weight is 425 g/mol. The van der Waals surface area contributed by atoms with Crippen LogP contribution in [-0.2, 0) is 11.2 Å². The maximum absolute atomic E-state index is 12.7. The van der Waals surface area contributed by atoms with Crippen LogP contribution in [0.5, 0.6) is 0 Å². The van der Waals surface area contributed by atoms with E-state index in [4.69, 9.17) is 5.73 Å². The second-order valence-corrected chi connectivity index (χ2v) is 8.59. The Hall–Kier alpha value is -2.87. The summed E-state index contributed by atoms with van der Waals surface area (Å²) in [6, 6.07) is 12.3. The summed E-state index contributed by atoms with van der Waals surface area (Å²) in [6.45, 7) is 3.95. The molecule has 0 bridgehead atoms. The minimum absolute atomic E-state index is 0.0445. The molecule has 166 valence electrons. The summed E-state index contributed by atoms with van der Waals surface area (Å²) in [5, 5.41) is 9.67. The Morgan fingerprint density at radius 3 is 2.61 bits per heavy atom. The summed E-state index contributed by atoms with van der Waals surface area (Å²) in [5.41, 5.74) is 7.30. The molecular formula is C23H32N6O2. The number of carbonyl (C=O) groups is 2. The number of nitrogens with zero attached hydrogens (tertiary/aromatic N) is 3. The van der Waals surface area contributed by atoms with Crippen LogP contribution in [0.3, 0.4) is 0 Å². The highest BCUT2D eigenvalue weighted by Gasteiger charge is 2.32. The first-order valence-corrected chi connectivity index (χ1v) is 11.3. The van der Waals surface area contributed by atoms with E-state index in [0.29, 0.717) is 37.2 Å². The molecule has 2 amide bonds. The van der Waals surface area contributed by atoms with Crippen molar-refractivity contribution in [1.29, 1.82) is 0 Å². The topological polar surface area (TPSA) is 107 Å². The number of hydrogen-bond acceptors (Lipinski definition) is 5. The van der Waals surface area contributed by atoms with Gasteiger partial charge in [0.25, 0.3) is 5.91 Å². The molecule has 0 saturated carbocycles. The number of rotatable bonds is 6. The highest BCUT2D eigenvalue weighted by molar-refractivity contribution is 5.93. The third kappa shape index (κ3) is 5.44. The fraction of sp³-hybridized carbons (Fsp3) is 0.522. The van der Waals surface area contributed by atoms with E-state index in [0.717, 1.165) is 45.2 Å². The molecule has 8 heteroatoms. The molecule has 2 saturated heterocycles. The molecule has 1 aromatic carbocycles. The van der Waals surface area contributed by atoms with Crippen molar-refractivity contribution in [1.82, 2.24) is 25.3 Å². The molecule has 0 radical (unpaired) electrons. The fourth-order valence-electron chi connectivity index (χ4n) is 4.72. The lowest BCUT2D eigenvalue weighted by atomic mass is 9.93. The van der Waals surface area contributed by atoms with E-state index in [-0.39, 0.29) is 17.7 Å². The van der Waals surface area contributed by atoms with Crippen molar-refractivity contribution in [2.75, 3.05) is 38.5 Å². The molecule has 31 heavy (non-hydrogen) atoms. The molecule has 1 unspecified atom stereocenters. The van der Waals surface area contributed by atoms with E-state index in [1.807, 2.05) is 23.1 Å². The number of H-pyrrole nitrogens is 1. The van der Waals surface area contributed by atoms with Crippen molar-refractivity contribution in [2.45, 2.75) is 38.1 Å². The molecule has 2 aromatic rings. The van der Waals surface area contributed by atoms with Crippen LogP contribution in [0.25, 0.3) is 0 Å². The van der Waals surface area contributed by atoms with Gasteiger partial charge in [-0.1, -0.05) is 30.3 Å². The van der Waals surface area contributed by atoms with Crippen LogP contribution < -0.4 is 11.1 Å². The molecule has 2 aliphatic heterocycles. The second kappa shape index (κ2) is 9.96. The number of amides is 2. The average Bonchev–Trinajstić information content (AvgIpc) is 3.25. The summed E-state index contributed by atoms with van der Waals surface area (Å²) in [6.07, 6.45) is 4.71. The van der Waals surface area contributed by atoms with Crippen LogP contribution in [0.15, 0.2) is 36.4 Å². The molecule has 0 spiro atoms. The minimum atomic E-state index is -0.0445. The number of aromatic amines is 1. The third-order valence-electron chi connectivity index (χ3n) is 6.48. The SMILES string of the molecule is Nc1cc(C(=O)N2CCC(N3CCCC(C(=O)NCCc4ccccc4)C3)CC2)[nH]n1. The lowest BCUT2D eigenvalue weighted by Gasteiger charge is -2.42. The summed E-state index contributed by atoms with van der Waals surface area (Å²) >= 11 is 0. The lowest BCUT2D eigenvalue weighted by Crippen LogP contribution is -2.51. The van der Waals surface area contributed by atoms with E-state index in [1.54, 1.807) is 6.07 Å². The van der Waals surface area contributed by atoms with Crippen molar-refractivity contribution in [3.8, 4) is 0 Å². The first-order chi connectivity index (χ1) is 15.1. The Morgan fingerprint density at radius 2 is 1.90 bits per heavy atom. The molecule has 2 fully saturated rings. The Balaban J connectivity index is 1.22. The van der Waals surface area contributed by atoms with Gasteiger partial charge in [0.2, 0.25) is 5.91 Å². The maximum Gasteiger partial charge on any atom is 0.271 e. The zero-order valence-corrected chi connectivity index (χ0v) is 17.9. The van der Waals surface area contributed by atoms with E-state index in [2.05, 4.69) is 32.5 Å². The molecule has 0 aliphatic carbocycles. The first-order valence-electron chi connectivity index (χ1n) is 11.3. The first kappa shape index (κ1) is 21.4. The number of nitrogen functional groups attached to an aromatic ring is 1. The molecule has 2 aliphatic rings. The smallest absolute Gasteiger partial charge is 0.271 e. The summed E-state index contributed by atoms with van der Waals surface area (Å²) < 4.78 is 0. The number of likely N-dealkylation sites (tertiary alicyclic amines) is 2. The van der Waals surface area contributed by atoms with Crippen molar-refractivity contribution >= 4 is 17.6 Å². The molecule has 3 heterocycles. The zero-order valence-electron chi connectivity index (χ0n) is 17.9. The summed E-state index contributed by atoms with van der Waals surface area (Å²) in [7, 11) is 0. The van der Waals surface area contributed by atoms with Crippen molar-refractivity contribution in [3.05, 3.63) is 47.7 Å². The number of aromatic nitrogens is 2. The number of anilines is 1. The second-order valence-electron chi connectivity index (χ2n) is 8.59.